The van der Waals surface area contributed by atoms with Crippen molar-refractivity contribution in [1.82, 2.24) is 0 Å². The second-order valence-corrected chi connectivity index (χ2v) is 4.95. The number of hydrogen-bond acceptors (Lipinski definition) is 1. The van der Waals surface area contributed by atoms with Crippen LogP contribution in [0.3, 0.4) is 0 Å². The summed E-state index contributed by atoms with van der Waals surface area (Å²) >= 11 is 0. The molecule has 0 radical (unpaired) electrons. The molecule has 2 atom stereocenters. The van der Waals surface area contributed by atoms with Crippen LogP contribution in [0.2, 0.25) is 0 Å². The van der Waals surface area contributed by atoms with Crippen molar-refractivity contribution in [1.29, 1.82) is 0 Å². The fourth-order valence-electron chi connectivity index (χ4n) is 3.03. The number of fused-ring (bicyclic) bond motifs is 1. The fourth-order valence-corrected chi connectivity index (χ4v) is 3.03. The van der Waals surface area contributed by atoms with Gasteiger partial charge in [-0.1, -0.05) is 20.8 Å². The Morgan fingerprint density at radius 1 is 1.36 bits per heavy atom. The van der Waals surface area contributed by atoms with Crippen LogP contribution in [-0.2, 0) is 4.79 Å². The van der Waals surface area contributed by atoms with Crippen LogP contribution in [0.15, 0.2) is 0 Å². The maximum atomic E-state index is 11.2. The summed E-state index contributed by atoms with van der Waals surface area (Å²) in [6.07, 6.45) is 2.82. The standard InChI is InChI=1S/C10H16O/c1-9(2)8-5-4-7(11)6-10(8,9)3/h8H,4-6H2,1-3H3. The van der Waals surface area contributed by atoms with Crippen molar-refractivity contribution in [3.8, 4) is 0 Å². The number of hydrogen-bond donors (Lipinski definition) is 0. The molecule has 2 saturated carbocycles. The molecule has 0 amide bonds. The van der Waals surface area contributed by atoms with E-state index in [9.17, 15) is 4.79 Å². The minimum Gasteiger partial charge on any atom is -0.300 e. The molecule has 2 fully saturated rings. The number of ketones is 1. The smallest absolute Gasteiger partial charge is 0.133 e. The Balaban J connectivity index is 2.23. The van der Waals surface area contributed by atoms with Crippen LogP contribution in [0.1, 0.15) is 40.0 Å². The molecule has 62 valence electrons. The Kier molecular flexibility index (Phi) is 1.13. The Labute approximate surface area is 68.2 Å². The lowest BCUT2D eigenvalue weighted by Gasteiger charge is -2.16. The fraction of sp³-hybridized carbons (Fsp3) is 0.900. The second-order valence-electron chi connectivity index (χ2n) is 4.95. The Morgan fingerprint density at radius 2 is 2.00 bits per heavy atom. The van der Waals surface area contributed by atoms with E-state index in [-0.39, 0.29) is 0 Å². The Morgan fingerprint density at radius 3 is 2.45 bits per heavy atom. The molecule has 0 aromatic heterocycles. The van der Waals surface area contributed by atoms with Crippen molar-refractivity contribution in [3.05, 3.63) is 0 Å². The molecule has 2 aliphatic carbocycles. The van der Waals surface area contributed by atoms with Crippen molar-refractivity contribution < 1.29 is 4.79 Å². The van der Waals surface area contributed by atoms with Gasteiger partial charge in [0.05, 0.1) is 0 Å². The SMILES string of the molecule is CC1(C)C2CCC(=O)CC21C. The van der Waals surface area contributed by atoms with Gasteiger partial charge in [0.1, 0.15) is 5.78 Å². The highest BCUT2D eigenvalue weighted by molar-refractivity contribution is 5.81. The molecule has 2 rings (SSSR count). The minimum atomic E-state index is 0.363. The zero-order chi connectivity index (χ0) is 8.28. The first-order valence-electron chi connectivity index (χ1n) is 4.50. The molecule has 0 spiro atoms. The maximum Gasteiger partial charge on any atom is 0.133 e. The number of Topliss-reactive ketones (excluding diaryl/α,β-unsaturated/α-hetero) is 1. The van der Waals surface area contributed by atoms with Gasteiger partial charge in [-0.05, 0) is 23.2 Å². The third-order valence-electron chi connectivity index (χ3n) is 4.31. The molecule has 1 heteroatoms. The van der Waals surface area contributed by atoms with Gasteiger partial charge >= 0.3 is 0 Å². The summed E-state index contributed by atoms with van der Waals surface area (Å²) in [5.74, 6) is 1.31. The topological polar surface area (TPSA) is 17.1 Å². The molecule has 0 N–H and O–H groups in total. The maximum absolute atomic E-state index is 11.2. The predicted molar refractivity (Wildman–Crippen MR) is 44.2 cm³/mol. The summed E-state index contributed by atoms with van der Waals surface area (Å²) in [5, 5.41) is 0. The van der Waals surface area contributed by atoms with Crippen molar-refractivity contribution in [3.63, 3.8) is 0 Å². The summed E-state index contributed by atoms with van der Waals surface area (Å²) in [6.45, 7) is 6.88. The largest absolute Gasteiger partial charge is 0.300 e. The molecule has 0 saturated heterocycles. The Bertz CT molecular complexity index is 217. The molecular formula is C10H16O. The van der Waals surface area contributed by atoms with Crippen LogP contribution in [-0.4, -0.2) is 5.78 Å². The van der Waals surface area contributed by atoms with Gasteiger partial charge in [-0.3, -0.25) is 4.79 Å². The summed E-state index contributed by atoms with van der Waals surface area (Å²) in [6, 6.07) is 0. The summed E-state index contributed by atoms with van der Waals surface area (Å²) in [4.78, 5) is 11.2. The number of rotatable bonds is 0. The van der Waals surface area contributed by atoms with E-state index in [1.165, 1.54) is 0 Å². The van der Waals surface area contributed by atoms with E-state index < -0.39 is 0 Å². The average molecular weight is 152 g/mol. The Hall–Kier alpha value is -0.330. The lowest BCUT2D eigenvalue weighted by Crippen LogP contribution is -2.15. The van der Waals surface area contributed by atoms with Gasteiger partial charge in [0, 0.05) is 12.8 Å². The lowest BCUT2D eigenvalue weighted by atomic mass is 9.88. The van der Waals surface area contributed by atoms with Gasteiger partial charge < -0.3 is 0 Å². The van der Waals surface area contributed by atoms with Gasteiger partial charge in [0.25, 0.3) is 0 Å². The molecular weight excluding hydrogens is 136 g/mol. The van der Waals surface area contributed by atoms with Crippen LogP contribution >= 0.6 is 0 Å². The molecule has 2 unspecified atom stereocenters. The van der Waals surface area contributed by atoms with E-state index >= 15 is 0 Å². The van der Waals surface area contributed by atoms with Crippen molar-refractivity contribution in [2.75, 3.05) is 0 Å². The molecule has 0 aromatic carbocycles. The predicted octanol–water partition coefficient (Wildman–Crippen LogP) is 2.40. The molecule has 1 nitrogen and oxygen atoms in total. The van der Waals surface area contributed by atoms with Crippen LogP contribution in [0.25, 0.3) is 0 Å². The van der Waals surface area contributed by atoms with E-state index in [4.69, 9.17) is 0 Å². The monoisotopic (exact) mass is 152 g/mol. The number of carbonyl (C=O) groups excluding carboxylic acids is 1. The molecule has 0 aromatic rings. The molecule has 0 aliphatic heterocycles. The normalized spacial score (nSPS) is 46.8. The molecule has 0 heterocycles. The highest BCUT2D eigenvalue weighted by Crippen LogP contribution is 2.73. The summed E-state index contributed by atoms with van der Waals surface area (Å²) in [5.41, 5.74) is 0.807. The van der Waals surface area contributed by atoms with E-state index in [0.717, 1.165) is 25.2 Å². The highest BCUT2D eigenvalue weighted by atomic mass is 16.1. The van der Waals surface area contributed by atoms with Gasteiger partial charge in [0.2, 0.25) is 0 Å². The third kappa shape index (κ3) is 0.692. The van der Waals surface area contributed by atoms with Crippen LogP contribution in [0.5, 0.6) is 0 Å². The van der Waals surface area contributed by atoms with Gasteiger partial charge in [-0.2, -0.15) is 0 Å². The van der Waals surface area contributed by atoms with Crippen LogP contribution in [0.4, 0.5) is 0 Å². The van der Waals surface area contributed by atoms with E-state index in [2.05, 4.69) is 20.8 Å². The number of carbonyl (C=O) groups is 1. The summed E-state index contributed by atoms with van der Waals surface area (Å²) in [7, 11) is 0. The zero-order valence-corrected chi connectivity index (χ0v) is 7.61. The van der Waals surface area contributed by atoms with Crippen LogP contribution < -0.4 is 0 Å². The summed E-state index contributed by atoms with van der Waals surface area (Å²) < 4.78 is 0. The van der Waals surface area contributed by atoms with Crippen molar-refractivity contribution in [2.45, 2.75) is 40.0 Å². The van der Waals surface area contributed by atoms with Crippen molar-refractivity contribution in [2.24, 2.45) is 16.7 Å². The van der Waals surface area contributed by atoms with Gasteiger partial charge in [0.15, 0.2) is 0 Å². The van der Waals surface area contributed by atoms with Crippen LogP contribution in [0, 0.1) is 16.7 Å². The first kappa shape index (κ1) is 7.33. The zero-order valence-electron chi connectivity index (χ0n) is 7.61. The minimum absolute atomic E-state index is 0.363. The van der Waals surface area contributed by atoms with Crippen molar-refractivity contribution >= 4 is 5.78 Å². The third-order valence-corrected chi connectivity index (χ3v) is 4.31. The quantitative estimate of drug-likeness (QED) is 0.521. The first-order chi connectivity index (χ1) is 4.98. The van der Waals surface area contributed by atoms with Gasteiger partial charge in [-0.25, -0.2) is 0 Å². The molecule has 11 heavy (non-hydrogen) atoms. The van der Waals surface area contributed by atoms with E-state index in [0.29, 0.717) is 16.6 Å². The van der Waals surface area contributed by atoms with E-state index in [1.54, 1.807) is 0 Å². The van der Waals surface area contributed by atoms with E-state index in [1.807, 2.05) is 0 Å². The average Bonchev–Trinajstić information content (AvgIpc) is 2.26. The lowest BCUT2D eigenvalue weighted by molar-refractivity contribution is -0.121. The first-order valence-corrected chi connectivity index (χ1v) is 4.50. The van der Waals surface area contributed by atoms with Gasteiger partial charge in [-0.15, -0.1) is 0 Å². The molecule has 0 bridgehead atoms. The molecule has 2 aliphatic rings. The highest BCUT2D eigenvalue weighted by Gasteiger charge is 2.68. The second kappa shape index (κ2) is 1.70.